The monoisotopic (exact) mass is 351 g/mol. The van der Waals surface area contributed by atoms with Crippen molar-refractivity contribution in [3.05, 3.63) is 30.3 Å². The summed E-state index contributed by atoms with van der Waals surface area (Å²) in [6, 6.07) is 8.59. The van der Waals surface area contributed by atoms with Crippen molar-refractivity contribution in [2.45, 2.75) is 32.1 Å². The number of sulfone groups is 1. The van der Waals surface area contributed by atoms with Crippen LogP contribution in [0.1, 0.15) is 27.2 Å². The van der Waals surface area contributed by atoms with E-state index >= 15 is 0 Å². The average Bonchev–Trinajstić information content (AvgIpc) is 2.54. The standard InChI is InChI=1S/C18H29N3O2S/c1-4-19-18(21-13-15(2)12-16(3)14-21)20-10-11-24(22,23)17-8-6-5-7-9-17/h5-9,15-16H,4,10-14H2,1-3H3,(H,19,20). The van der Waals surface area contributed by atoms with Crippen molar-refractivity contribution in [2.24, 2.45) is 16.8 Å². The maximum Gasteiger partial charge on any atom is 0.193 e. The molecule has 0 aromatic heterocycles. The lowest BCUT2D eigenvalue weighted by Crippen LogP contribution is -2.48. The highest BCUT2D eigenvalue weighted by molar-refractivity contribution is 7.91. The molecule has 1 N–H and O–H groups in total. The predicted molar refractivity (Wildman–Crippen MR) is 99.0 cm³/mol. The summed E-state index contributed by atoms with van der Waals surface area (Å²) in [7, 11) is -3.28. The van der Waals surface area contributed by atoms with Gasteiger partial charge in [-0.25, -0.2) is 8.42 Å². The average molecular weight is 352 g/mol. The minimum Gasteiger partial charge on any atom is -0.357 e. The van der Waals surface area contributed by atoms with Crippen LogP contribution >= 0.6 is 0 Å². The van der Waals surface area contributed by atoms with E-state index in [0.717, 1.165) is 25.6 Å². The van der Waals surface area contributed by atoms with E-state index in [1.54, 1.807) is 24.3 Å². The van der Waals surface area contributed by atoms with Crippen LogP contribution in [0.2, 0.25) is 0 Å². The first-order valence-electron chi connectivity index (χ1n) is 8.73. The number of benzene rings is 1. The third kappa shape index (κ3) is 5.23. The molecule has 24 heavy (non-hydrogen) atoms. The molecule has 5 nitrogen and oxygen atoms in total. The summed E-state index contributed by atoms with van der Waals surface area (Å²) in [5.41, 5.74) is 0. The van der Waals surface area contributed by atoms with Crippen LogP contribution in [0.3, 0.4) is 0 Å². The second-order valence-corrected chi connectivity index (χ2v) is 8.83. The third-order valence-corrected chi connectivity index (χ3v) is 5.94. The molecule has 2 rings (SSSR count). The lowest BCUT2D eigenvalue weighted by atomic mass is 9.92. The number of hydrogen-bond acceptors (Lipinski definition) is 3. The van der Waals surface area contributed by atoms with Crippen LogP contribution in [-0.4, -0.2) is 51.2 Å². The number of nitrogens with zero attached hydrogens (tertiary/aromatic N) is 2. The number of likely N-dealkylation sites (tertiary alicyclic amines) is 1. The molecule has 1 aliphatic rings. The van der Waals surface area contributed by atoms with Gasteiger partial charge in [0.25, 0.3) is 0 Å². The Morgan fingerprint density at radius 3 is 2.42 bits per heavy atom. The highest BCUT2D eigenvalue weighted by Crippen LogP contribution is 2.21. The molecule has 0 amide bonds. The molecule has 134 valence electrons. The Hall–Kier alpha value is -1.56. The molecule has 2 atom stereocenters. The number of piperidine rings is 1. The molecule has 1 saturated heterocycles. The van der Waals surface area contributed by atoms with Crippen LogP contribution < -0.4 is 5.32 Å². The van der Waals surface area contributed by atoms with Crippen molar-refractivity contribution in [1.29, 1.82) is 0 Å². The Bertz CT molecular complexity index is 633. The molecule has 0 aliphatic carbocycles. The summed E-state index contributed by atoms with van der Waals surface area (Å²) in [6.07, 6.45) is 1.23. The van der Waals surface area contributed by atoms with Gasteiger partial charge in [0.15, 0.2) is 15.8 Å². The van der Waals surface area contributed by atoms with Crippen molar-refractivity contribution in [3.63, 3.8) is 0 Å². The molecular formula is C18H29N3O2S. The van der Waals surface area contributed by atoms with Crippen LogP contribution in [0.15, 0.2) is 40.2 Å². The quantitative estimate of drug-likeness (QED) is 0.654. The largest absolute Gasteiger partial charge is 0.357 e. The molecule has 0 radical (unpaired) electrons. The van der Waals surface area contributed by atoms with E-state index in [1.807, 2.05) is 13.0 Å². The highest BCUT2D eigenvalue weighted by Gasteiger charge is 2.24. The SMILES string of the molecule is CCNC(=NCCS(=O)(=O)c1ccccc1)N1CC(C)CC(C)C1. The Labute approximate surface area is 146 Å². The first-order chi connectivity index (χ1) is 11.4. The van der Waals surface area contributed by atoms with E-state index < -0.39 is 9.84 Å². The highest BCUT2D eigenvalue weighted by atomic mass is 32.2. The fourth-order valence-electron chi connectivity index (χ4n) is 3.28. The van der Waals surface area contributed by atoms with Gasteiger partial charge < -0.3 is 10.2 Å². The summed E-state index contributed by atoms with van der Waals surface area (Å²) in [5.74, 6) is 2.13. The van der Waals surface area contributed by atoms with Gasteiger partial charge in [-0.15, -0.1) is 0 Å². The zero-order valence-electron chi connectivity index (χ0n) is 14.9. The van der Waals surface area contributed by atoms with E-state index in [0.29, 0.717) is 16.7 Å². The van der Waals surface area contributed by atoms with E-state index in [9.17, 15) is 8.42 Å². The summed E-state index contributed by atoms with van der Waals surface area (Å²) >= 11 is 0. The zero-order valence-corrected chi connectivity index (χ0v) is 15.7. The van der Waals surface area contributed by atoms with Gasteiger partial charge in [0, 0.05) is 19.6 Å². The number of rotatable bonds is 5. The maximum absolute atomic E-state index is 12.3. The van der Waals surface area contributed by atoms with Gasteiger partial charge in [0.2, 0.25) is 0 Å². The first-order valence-corrected chi connectivity index (χ1v) is 10.4. The predicted octanol–water partition coefficient (Wildman–Crippen LogP) is 2.40. The molecule has 0 bridgehead atoms. The Balaban J connectivity index is 2.03. The number of guanidine groups is 1. The topological polar surface area (TPSA) is 61.8 Å². The van der Waals surface area contributed by atoms with Gasteiger partial charge in [0.05, 0.1) is 17.2 Å². The van der Waals surface area contributed by atoms with Crippen LogP contribution in [0.4, 0.5) is 0 Å². The van der Waals surface area contributed by atoms with Gasteiger partial charge in [-0.3, -0.25) is 4.99 Å². The number of hydrogen-bond donors (Lipinski definition) is 1. The molecule has 0 spiro atoms. The summed E-state index contributed by atoms with van der Waals surface area (Å²) in [4.78, 5) is 7.20. The first kappa shape index (κ1) is 18.8. The van der Waals surface area contributed by atoms with Gasteiger partial charge in [-0.2, -0.15) is 0 Å². The minimum atomic E-state index is -3.28. The van der Waals surface area contributed by atoms with E-state index in [-0.39, 0.29) is 12.3 Å². The van der Waals surface area contributed by atoms with E-state index in [4.69, 9.17) is 0 Å². The Morgan fingerprint density at radius 1 is 1.21 bits per heavy atom. The van der Waals surface area contributed by atoms with Gasteiger partial charge >= 0.3 is 0 Å². The van der Waals surface area contributed by atoms with Crippen LogP contribution in [-0.2, 0) is 9.84 Å². The molecule has 1 aromatic carbocycles. The van der Waals surface area contributed by atoms with Crippen molar-refractivity contribution in [3.8, 4) is 0 Å². The van der Waals surface area contributed by atoms with Crippen LogP contribution in [0.5, 0.6) is 0 Å². The van der Waals surface area contributed by atoms with Gasteiger partial charge in [0.1, 0.15) is 0 Å². The molecule has 1 fully saturated rings. The third-order valence-electron chi connectivity index (χ3n) is 4.23. The van der Waals surface area contributed by atoms with Crippen LogP contribution in [0, 0.1) is 11.8 Å². The second kappa shape index (κ2) is 8.51. The molecular weight excluding hydrogens is 322 g/mol. The summed E-state index contributed by atoms with van der Waals surface area (Å²) in [6.45, 7) is 9.55. The smallest absolute Gasteiger partial charge is 0.193 e. The van der Waals surface area contributed by atoms with Gasteiger partial charge in [-0.1, -0.05) is 32.0 Å². The van der Waals surface area contributed by atoms with Crippen molar-refractivity contribution < 1.29 is 8.42 Å². The molecule has 1 aromatic rings. The second-order valence-electron chi connectivity index (χ2n) is 6.72. The normalized spacial score (nSPS) is 22.5. The molecule has 0 saturated carbocycles. The number of aliphatic imine (C=N–C) groups is 1. The van der Waals surface area contributed by atoms with Crippen molar-refractivity contribution in [1.82, 2.24) is 10.2 Å². The van der Waals surface area contributed by atoms with Crippen molar-refractivity contribution >= 4 is 15.8 Å². The Morgan fingerprint density at radius 2 is 1.83 bits per heavy atom. The zero-order chi connectivity index (χ0) is 17.6. The summed E-state index contributed by atoms with van der Waals surface area (Å²) < 4.78 is 24.7. The minimum absolute atomic E-state index is 0.0326. The fraction of sp³-hybridized carbons (Fsp3) is 0.611. The lowest BCUT2D eigenvalue weighted by molar-refractivity contribution is 0.208. The lowest BCUT2D eigenvalue weighted by Gasteiger charge is -2.37. The van der Waals surface area contributed by atoms with Gasteiger partial charge in [-0.05, 0) is 37.3 Å². The summed E-state index contributed by atoms with van der Waals surface area (Å²) in [5, 5.41) is 3.30. The molecule has 1 aliphatic heterocycles. The fourth-order valence-corrected chi connectivity index (χ4v) is 4.42. The van der Waals surface area contributed by atoms with E-state index in [2.05, 4.69) is 29.1 Å². The van der Waals surface area contributed by atoms with Crippen LogP contribution in [0.25, 0.3) is 0 Å². The molecule has 1 heterocycles. The van der Waals surface area contributed by atoms with E-state index in [1.165, 1.54) is 6.42 Å². The Kier molecular flexibility index (Phi) is 6.66. The molecule has 2 unspecified atom stereocenters. The molecule has 6 heteroatoms. The number of nitrogens with one attached hydrogen (secondary N) is 1. The van der Waals surface area contributed by atoms with Crippen molar-refractivity contribution in [2.75, 3.05) is 31.9 Å². The maximum atomic E-state index is 12.3.